The smallest absolute Gasteiger partial charge is 0.199 e. The Labute approximate surface area is 137 Å². The van der Waals surface area contributed by atoms with Crippen molar-refractivity contribution in [3.63, 3.8) is 0 Å². The van der Waals surface area contributed by atoms with Crippen molar-refractivity contribution in [3.05, 3.63) is 70.8 Å². The molecule has 0 N–H and O–H groups in total. The highest BCUT2D eigenvalue weighted by molar-refractivity contribution is 9.10. The van der Waals surface area contributed by atoms with E-state index in [-0.39, 0.29) is 4.90 Å². The van der Waals surface area contributed by atoms with Crippen LogP contribution < -0.4 is 0 Å². The molecule has 0 saturated carbocycles. The van der Waals surface area contributed by atoms with E-state index >= 15 is 0 Å². The fraction of sp³-hybridized carbons (Fsp3) is 0.0625. The molecule has 0 fully saturated rings. The zero-order valence-electron chi connectivity index (χ0n) is 11.8. The molecule has 22 heavy (non-hydrogen) atoms. The summed E-state index contributed by atoms with van der Waals surface area (Å²) >= 11 is 3.38. The summed E-state index contributed by atoms with van der Waals surface area (Å²) in [5.74, 6) is 0. The number of hydrogen-bond donors (Lipinski definition) is 0. The Balaban J connectivity index is 2.08. The first-order chi connectivity index (χ1) is 10.5. The Bertz CT molecular complexity index is 901. The average Bonchev–Trinajstić information content (AvgIpc) is 2.91. The van der Waals surface area contributed by atoms with Gasteiger partial charge in [-0.2, -0.15) is 17.6 Å². The monoisotopic (exact) mass is 376 g/mol. The van der Waals surface area contributed by atoms with Gasteiger partial charge in [0.15, 0.2) is 0 Å². The van der Waals surface area contributed by atoms with E-state index in [1.165, 1.54) is 6.20 Å². The van der Waals surface area contributed by atoms with E-state index in [9.17, 15) is 8.42 Å². The topological polar surface area (TPSA) is 52.0 Å². The lowest BCUT2D eigenvalue weighted by Gasteiger charge is -2.04. The van der Waals surface area contributed by atoms with E-state index < -0.39 is 10.0 Å². The lowest BCUT2D eigenvalue weighted by atomic mass is 10.2. The summed E-state index contributed by atoms with van der Waals surface area (Å²) in [6.07, 6.45) is 1.47. The fourth-order valence-electron chi connectivity index (χ4n) is 2.07. The summed E-state index contributed by atoms with van der Waals surface area (Å²) in [5.41, 5.74) is 2.45. The third-order valence-electron chi connectivity index (χ3n) is 3.26. The first kappa shape index (κ1) is 15.0. The van der Waals surface area contributed by atoms with Gasteiger partial charge in [-0.25, -0.2) is 0 Å². The molecule has 0 aliphatic carbocycles. The lowest BCUT2D eigenvalue weighted by Crippen LogP contribution is -2.13. The van der Waals surface area contributed by atoms with Crippen molar-refractivity contribution in [2.75, 3.05) is 0 Å². The predicted molar refractivity (Wildman–Crippen MR) is 89.1 cm³/mol. The SMILES string of the molecule is Cc1ccc(S(=O)(=O)n2cc(Br)c(-c3ccccc3)n2)cc1. The number of halogens is 1. The normalized spacial score (nSPS) is 11.5. The Morgan fingerprint density at radius 1 is 1.00 bits per heavy atom. The third kappa shape index (κ3) is 2.71. The molecule has 112 valence electrons. The van der Waals surface area contributed by atoms with Crippen LogP contribution in [0, 0.1) is 6.92 Å². The van der Waals surface area contributed by atoms with E-state index in [2.05, 4.69) is 21.0 Å². The molecule has 0 saturated heterocycles. The average molecular weight is 377 g/mol. The predicted octanol–water partition coefficient (Wildman–Crippen LogP) is 3.86. The van der Waals surface area contributed by atoms with Gasteiger partial charge in [-0.1, -0.05) is 48.0 Å². The van der Waals surface area contributed by atoms with Crippen LogP contribution in [0.2, 0.25) is 0 Å². The number of benzene rings is 2. The van der Waals surface area contributed by atoms with Crippen molar-refractivity contribution in [2.24, 2.45) is 0 Å². The second-order valence-electron chi connectivity index (χ2n) is 4.88. The van der Waals surface area contributed by atoms with Gasteiger partial charge in [0.25, 0.3) is 10.0 Å². The fourth-order valence-corrected chi connectivity index (χ4v) is 3.83. The minimum absolute atomic E-state index is 0.215. The zero-order valence-corrected chi connectivity index (χ0v) is 14.2. The van der Waals surface area contributed by atoms with Crippen LogP contribution in [0.3, 0.4) is 0 Å². The van der Waals surface area contributed by atoms with Gasteiger partial charge in [0.2, 0.25) is 0 Å². The van der Waals surface area contributed by atoms with Gasteiger partial charge in [-0.3, -0.25) is 0 Å². The minimum Gasteiger partial charge on any atom is -0.199 e. The molecule has 0 amide bonds. The Hall–Kier alpha value is -1.92. The van der Waals surface area contributed by atoms with Gasteiger partial charge in [0.05, 0.1) is 15.6 Å². The molecule has 1 aromatic heterocycles. The van der Waals surface area contributed by atoms with Gasteiger partial charge < -0.3 is 0 Å². The quantitative estimate of drug-likeness (QED) is 0.697. The van der Waals surface area contributed by atoms with Crippen LogP contribution in [-0.2, 0) is 10.0 Å². The van der Waals surface area contributed by atoms with Crippen LogP contribution in [0.4, 0.5) is 0 Å². The molecule has 0 bridgehead atoms. The molecule has 0 unspecified atom stereocenters. The second kappa shape index (κ2) is 5.70. The Morgan fingerprint density at radius 3 is 2.27 bits per heavy atom. The van der Waals surface area contributed by atoms with Gasteiger partial charge in [0, 0.05) is 5.56 Å². The highest BCUT2D eigenvalue weighted by atomic mass is 79.9. The van der Waals surface area contributed by atoms with Crippen LogP contribution in [0.15, 0.2) is 70.2 Å². The summed E-state index contributed by atoms with van der Waals surface area (Å²) in [7, 11) is -3.69. The molecule has 0 aliphatic rings. The van der Waals surface area contributed by atoms with Gasteiger partial charge >= 0.3 is 0 Å². The molecule has 3 rings (SSSR count). The van der Waals surface area contributed by atoms with Crippen LogP contribution in [0.5, 0.6) is 0 Å². The number of hydrogen-bond acceptors (Lipinski definition) is 3. The van der Waals surface area contributed by atoms with Crippen LogP contribution >= 0.6 is 15.9 Å². The maximum atomic E-state index is 12.6. The first-order valence-corrected chi connectivity index (χ1v) is 8.84. The first-order valence-electron chi connectivity index (χ1n) is 6.61. The number of rotatable bonds is 3. The van der Waals surface area contributed by atoms with Gasteiger partial charge in [-0.05, 0) is 35.0 Å². The molecule has 0 atom stereocenters. The zero-order chi connectivity index (χ0) is 15.7. The van der Waals surface area contributed by atoms with Crippen LogP contribution in [0.25, 0.3) is 11.3 Å². The molecule has 0 spiro atoms. The molecule has 1 heterocycles. The Kier molecular flexibility index (Phi) is 3.88. The number of aromatic nitrogens is 2. The Morgan fingerprint density at radius 2 is 1.64 bits per heavy atom. The van der Waals surface area contributed by atoms with Gasteiger partial charge in [0.1, 0.15) is 5.69 Å². The molecular weight excluding hydrogens is 364 g/mol. The van der Waals surface area contributed by atoms with Crippen LogP contribution in [-0.4, -0.2) is 17.6 Å². The van der Waals surface area contributed by atoms with E-state index in [0.717, 1.165) is 15.2 Å². The summed E-state index contributed by atoms with van der Waals surface area (Å²) in [6.45, 7) is 1.91. The van der Waals surface area contributed by atoms with Crippen molar-refractivity contribution in [3.8, 4) is 11.3 Å². The maximum Gasteiger partial charge on any atom is 0.282 e. The van der Waals surface area contributed by atoms with Crippen LogP contribution in [0.1, 0.15) is 5.56 Å². The molecule has 3 aromatic rings. The minimum atomic E-state index is -3.69. The highest BCUT2D eigenvalue weighted by Crippen LogP contribution is 2.28. The molecule has 0 radical (unpaired) electrons. The standard InChI is InChI=1S/C16H13BrN2O2S/c1-12-7-9-14(10-8-12)22(20,21)19-11-15(17)16(18-19)13-5-3-2-4-6-13/h2-11H,1H3. The van der Waals surface area contributed by atoms with E-state index in [1.807, 2.05) is 37.3 Å². The highest BCUT2D eigenvalue weighted by Gasteiger charge is 2.20. The lowest BCUT2D eigenvalue weighted by molar-refractivity contribution is 0.580. The van der Waals surface area contributed by atoms with Gasteiger partial charge in [-0.15, -0.1) is 0 Å². The summed E-state index contributed by atoms with van der Waals surface area (Å²) < 4.78 is 26.9. The molecular formula is C16H13BrN2O2S. The van der Waals surface area contributed by atoms with E-state index in [0.29, 0.717) is 10.2 Å². The van der Waals surface area contributed by atoms with Crippen molar-refractivity contribution < 1.29 is 8.42 Å². The molecule has 4 nitrogen and oxygen atoms in total. The van der Waals surface area contributed by atoms with Crippen molar-refractivity contribution >= 4 is 26.0 Å². The van der Waals surface area contributed by atoms with E-state index in [4.69, 9.17) is 0 Å². The number of nitrogens with zero attached hydrogens (tertiary/aromatic N) is 2. The summed E-state index contributed by atoms with van der Waals surface area (Å²) in [4.78, 5) is 0.215. The summed E-state index contributed by atoms with van der Waals surface area (Å²) in [5, 5.41) is 4.23. The second-order valence-corrected chi connectivity index (χ2v) is 7.53. The molecule has 6 heteroatoms. The van der Waals surface area contributed by atoms with Crippen molar-refractivity contribution in [1.29, 1.82) is 0 Å². The maximum absolute atomic E-state index is 12.6. The third-order valence-corrected chi connectivity index (χ3v) is 5.39. The molecule has 0 aliphatic heterocycles. The molecule has 2 aromatic carbocycles. The largest absolute Gasteiger partial charge is 0.282 e. The summed E-state index contributed by atoms with van der Waals surface area (Å²) in [6, 6.07) is 16.1. The van der Waals surface area contributed by atoms with Crippen molar-refractivity contribution in [1.82, 2.24) is 9.19 Å². The van der Waals surface area contributed by atoms with E-state index in [1.54, 1.807) is 24.3 Å². The van der Waals surface area contributed by atoms with Crippen molar-refractivity contribution in [2.45, 2.75) is 11.8 Å². The number of aryl methyl sites for hydroxylation is 1.